The van der Waals surface area contributed by atoms with Gasteiger partial charge in [0, 0.05) is 5.39 Å². The average molecular weight is 266 g/mol. The summed E-state index contributed by atoms with van der Waals surface area (Å²) in [7, 11) is 1.69. The lowest BCUT2D eigenvalue weighted by molar-refractivity contribution is 0.415. The predicted octanol–water partition coefficient (Wildman–Crippen LogP) is 4.16. The summed E-state index contributed by atoms with van der Waals surface area (Å²) in [5, 5.41) is 5.90. The highest BCUT2D eigenvalue weighted by molar-refractivity contribution is 5.84. The summed E-state index contributed by atoms with van der Waals surface area (Å²) in [5.41, 5.74) is 3.30. The van der Waals surface area contributed by atoms with E-state index >= 15 is 0 Å². The average Bonchev–Trinajstić information content (AvgIpc) is 2.86. The zero-order chi connectivity index (χ0) is 14.1. The van der Waals surface area contributed by atoms with Gasteiger partial charge in [0.1, 0.15) is 5.75 Å². The van der Waals surface area contributed by atoms with Gasteiger partial charge in [0.2, 0.25) is 0 Å². The number of hydrogen-bond donors (Lipinski definition) is 0. The molecule has 0 aliphatic heterocycles. The van der Waals surface area contributed by atoms with Crippen molar-refractivity contribution >= 4 is 10.9 Å². The standard InChI is InChI=1S/C17H18N2O/c1-12(2)17-15-11-14(20-3)9-10-16(15)18-19(17)13-7-5-4-6-8-13/h4-12H,1-3H3. The molecular weight excluding hydrogens is 248 g/mol. The molecule has 3 heteroatoms. The van der Waals surface area contributed by atoms with Crippen LogP contribution in [0, 0.1) is 0 Å². The first kappa shape index (κ1) is 12.7. The molecular formula is C17H18N2O. The van der Waals surface area contributed by atoms with Gasteiger partial charge < -0.3 is 4.74 Å². The first-order chi connectivity index (χ1) is 9.70. The number of ether oxygens (including phenoxy) is 1. The number of hydrogen-bond acceptors (Lipinski definition) is 2. The Morgan fingerprint density at radius 1 is 1.05 bits per heavy atom. The molecule has 0 saturated heterocycles. The van der Waals surface area contributed by atoms with Gasteiger partial charge in [0.25, 0.3) is 0 Å². The molecule has 0 amide bonds. The van der Waals surface area contributed by atoms with Gasteiger partial charge in [-0.1, -0.05) is 32.0 Å². The Hall–Kier alpha value is -2.29. The van der Waals surface area contributed by atoms with Gasteiger partial charge in [0.15, 0.2) is 0 Å². The van der Waals surface area contributed by atoms with Crippen molar-refractivity contribution in [3.63, 3.8) is 0 Å². The van der Waals surface area contributed by atoms with Crippen molar-refractivity contribution in [2.24, 2.45) is 0 Å². The van der Waals surface area contributed by atoms with Crippen LogP contribution in [-0.2, 0) is 0 Å². The fourth-order valence-electron chi connectivity index (χ4n) is 2.53. The summed E-state index contributed by atoms with van der Waals surface area (Å²) in [6.45, 7) is 4.38. The molecule has 20 heavy (non-hydrogen) atoms. The molecule has 0 saturated carbocycles. The van der Waals surface area contributed by atoms with Crippen LogP contribution in [0.25, 0.3) is 16.6 Å². The van der Waals surface area contributed by atoms with Crippen LogP contribution >= 0.6 is 0 Å². The molecule has 0 fully saturated rings. The third-order valence-corrected chi connectivity index (χ3v) is 3.46. The van der Waals surface area contributed by atoms with Gasteiger partial charge in [0.05, 0.1) is 24.0 Å². The summed E-state index contributed by atoms with van der Waals surface area (Å²) < 4.78 is 7.37. The summed E-state index contributed by atoms with van der Waals surface area (Å²) in [5.74, 6) is 1.25. The summed E-state index contributed by atoms with van der Waals surface area (Å²) in [6, 6.07) is 16.3. The van der Waals surface area contributed by atoms with E-state index in [9.17, 15) is 0 Å². The molecule has 0 bridgehead atoms. The lowest BCUT2D eigenvalue weighted by Crippen LogP contribution is -2.03. The number of fused-ring (bicyclic) bond motifs is 1. The molecule has 3 nitrogen and oxygen atoms in total. The van der Waals surface area contributed by atoms with Crippen LogP contribution in [0.5, 0.6) is 5.75 Å². The third kappa shape index (κ3) is 2.05. The largest absolute Gasteiger partial charge is 0.497 e. The smallest absolute Gasteiger partial charge is 0.119 e. The molecule has 0 radical (unpaired) electrons. The lowest BCUT2D eigenvalue weighted by Gasteiger charge is -2.10. The minimum absolute atomic E-state index is 0.382. The maximum atomic E-state index is 5.33. The molecule has 0 spiro atoms. The zero-order valence-electron chi connectivity index (χ0n) is 12.0. The van der Waals surface area contributed by atoms with Crippen molar-refractivity contribution in [3.05, 3.63) is 54.2 Å². The van der Waals surface area contributed by atoms with E-state index in [0.717, 1.165) is 22.3 Å². The SMILES string of the molecule is COc1ccc2nn(-c3ccccc3)c(C(C)C)c2c1. The van der Waals surface area contributed by atoms with E-state index in [2.05, 4.69) is 32.0 Å². The molecule has 2 aromatic carbocycles. The predicted molar refractivity (Wildman–Crippen MR) is 81.7 cm³/mol. The van der Waals surface area contributed by atoms with Gasteiger partial charge >= 0.3 is 0 Å². The Balaban J connectivity index is 2.29. The minimum Gasteiger partial charge on any atom is -0.497 e. The van der Waals surface area contributed by atoms with Gasteiger partial charge in [-0.3, -0.25) is 0 Å². The van der Waals surface area contributed by atoms with Crippen LogP contribution in [0.2, 0.25) is 0 Å². The van der Waals surface area contributed by atoms with Crippen LogP contribution in [0.3, 0.4) is 0 Å². The molecule has 3 rings (SSSR count). The first-order valence-corrected chi connectivity index (χ1v) is 6.83. The van der Waals surface area contributed by atoms with E-state index in [0.29, 0.717) is 5.92 Å². The van der Waals surface area contributed by atoms with E-state index in [1.807, 2.05) is 35.0 Å². The van der Waals surface area contributed by atoms with Crippen molar-refractivity contribution in [2.75, 3.05) is 7.11 Å². The molecule has 0 aliphatic rings. The van der Waals surface area contributed by atoms with Crippen molar-refractivity contribution in [2.45, 2.75) is 19.8 Å². The van der Waals surface area contributed by atoms with E-state index in [-0.39, 0.29) is 0 Å². The maximum Gasteiger partial charge on any atom is 0.119 e. The Morgan fingerprint density at radius 2 is 1.80 bits per heavy atom. The Bertz CT molecular complexity index is 729. The maximum absolute atomic E-state index is 5.33. The second-order valence-electron chi connectivity index (χ2n) is 5.17. The van der Waals surface area contributed by atoms with Gasteiger partial charge in [-0.05, 0) is 36.2 Å². The van der Waals surface area contributed by atoms with E-state index < -0.39 is 0 Å². The van der Waals surface area contributed by atoms with Crippen LogP contribution in [0.1, 0.15) is 25.5 Å². The fraction of sp³-hybridized carbons (Fsp3) is 0.235. The Morgan fingerprint density at radius 3 is 2.45 bits per heavy atom. The van der Waals surface area contributed by atoms with E-state index in [1.54, 1.807) is 7.11 Å². The molecule has 1 heterocycles. The summed E-state index contributed by atoms with van der Waals surface area (Å²) >= 11 is 0. The fourth-order valence-corrected chi connectivity index (χ4v) is 2.53. The van der Waals surface area contributed by atoms with Crippen LogP contribution in [0.15, 0.2) is 48.5 Å². The van der Waals surface area contributed by atoms with Crippen molar-refractivity contribution < 1.29 is 4.74 Å². The molecule has 3 aromatic rings. The quantitative estimate of drug-likeness (QED) is 0.711. The van der Waals surface area contributed by atoms with Gasteiger partial charge in [-0.15, -0.1) is 0 Å². The Labute approximate surface area is 118 Å². The van der Waals surface area contributed by atoms with Gasteiger partial charge in [-0.25, -0.2) is 4.68 Å². The van der Waals surface area contributed by atoms with E-state index in [1.165, 1.54) is 5.69 Å². The second-order valence-corrected chi connectivity index (χ2v) is 5.17. The van der Waals surface area contributed by atoms with Crippen molar-refractivity contribution in [3.8, 4) is 11.4 Å². The number of rotatable bonds is 3. The van der Waals surface area contributed by atoms with Crippen LogP contribution < -0.4 is 4.74 Å². The highest BCUT2D eigenvalue weighted by Gasteiger charge is 2.16. The van der Waals surface area contributed by atoms with Crippen LogP contribution in [-0.4, -0.2) is 16.9 Å². The second kappa shape index (κ2) is 5.00. The van der Waals surface area contributed by atoms with Gasteiger partial charge in [-0.2, -0.15) is 5.10 Å². The zero-order valence-corrected chi connectivity index (χ0v) is 12.0. The highest BCUT2D eigenvalue weighted by Crippen LogP contribution is 2.30. The highest BCUT2D eigenvalue weighted by atomic mass is 16.5. The molecule has 1 aromatic heterocycles. The Kier molecular flexibility index (Phi) is 3.18. The topological polar surface area (TPSA) is 27.1 Å². The van der Waals surface area contributed by atoms with Crippen molar-refractivity contribution in [1.29, 1.82) is 0 Å². The number of methoxy groups -OCH3 is 1. The minimum atomic E-state index is 0.382. The monoisotopic (exact) mass is 266 g/mol. The molecule has 0 aliphatic carbocycles. The number of benzene rings is 2. The number of aromatic nitrogens is 2. The molecule has 0 N–H and O–H groups in total. The normalized spacial score (nSPS) is 11.2. The first-order valence-electron chi connectivity index (χ1n) is 6.83. The van der Waals surface area contributed by atoms with Crippen LogP contribution in [0.4, 0.5) is 0 Å². The number of nitrogens with zero attached hydrogens (tertiary/aromatic N) is 2. The number of para-hydroxylation sites is 1. The summed E-state index contributed by atoms with van der Waals surface area (Å²) in [4.78, 5) is 0. The molecule has 0 atom stereocenters. The van der Waals surface area contributed by atoms with Crippen molar-refractivity contribution in [1.82, 2.24) is 9.78 Å². The molecule has 0 unspecified atom stereocenters. The lowest BCUT2D eigenvalue weighted by atomic mass is 10.1. The molecule has 102 valence electrons. The third-order valence-electron chi connectivity index (χ3n) is 3.46. The summed E-state index contributed by atoms with van der Waals surface area (Å²) in [6.07, 6.45) is 0. The van der Waals surface area contributed by atoms with E-state index in [4.69, 9.17) is 9.84 Å².